The molecule has 0 saturated heterocycles. The third-order valence-electron chi connectivity index (χ3n) is 16.2. The molecular weight excluding hydrogens is 811 g/mol. The van der Waals surface area contributed by atoms with Crippen LogP contribution in [0.15, 0.2) is 212 Å². The molecule has 4 saturated carbocycles. The summed E-state index contributed by atoms with van der Waals surface area (Å²) in [6.45, 7) is 0. The maximum Gasteiger partial charge on any atom is 0.160 e. The fraction of sp³-hybridized carbons (Fsp3) is 0.156. The Bertz CT molecular complexity index is 3610. The molecule has 2 heterocycles. The van der Waals surface area contributed by atoms with Crippen molar-refractivity contribution in [1.82, 2.24) is 14.5 Å². The fourth-order valence-corrected chi connectivity index (χ4v) is 13.5. The molecule has 3 heteroatoms. The number of hydrogen-bond donors (Lipinski definition) is 0. The van der Waals surface area contributed by atoms with Gasteiger partial charge in [-0.25, -0.2) is 9.97 Å². The van der Waals surface area contributed by atoms with Gasteiger partial charge >= 0.3 is 0 Å². The highest BCUT2D eigenvalue weighted by Crippen LogP contribution is 2.65. The first-order valence-electron chi connectivity index (χ1n) is 24.3. The van der Waals surface area contributed by atoms with E-state index in [4.69, 9.17) is 9.97 Å². The standard InChI is InChI=1S/C64H49N3/c1-4-12-43(13-5-1)59-40-60(44-14-6-2-7-15-44)66-63(65-59)51-23-22-49-38-53(28-25-47(49)36-51)64(54-31-41-30-42(33-54)34-55(64)32-41)52-27-24-46-35-45(20-21-48(46)37-52)50-26-29-58-57-18-10-11-19-61(57)67(62(58)39-50)56-16-8-3-9-17-56/h1-29,35-42,54-55H,30-34H2. The Hall–Kier alpha value is -7.62. The fourth-order valence-electron chi connectivity index (χ4n) is 13.5. The number of benzene rings is 9. The van der Waals surface area contributed by atoms with Gasteiger partial charge in [-0.1, -0.05) is 170 Å². The largest absolute Gasteiger partial charge is 0.309 e. The summed E-state index contributed by atoms with van der Waals surface area (Å²) in [7, 11) is 0. The predicted molar refractivity (Wildman–Crippen MR) is 277 cm³/mol. The highest BCUT2D eigenvalue weighted by Gasteiger charge is 2.58. The first-order valence-corrected chi connectivity index (χ1v) is 24.3. The molecule has 0 amide bonds. The monoisotopic (exact) mass is 859 g/mol. The second-order valence-corrected chi connectivity index (χ2v) is 19.8. The summed E-state index contributed by atoms with van der Waals surface area (Å²) in [6.07, 6.45) is 6.77. The van der Waals surface area contributed by atoms with Crippen molar-refractivity contribution in [2.45, 2.75) is 37.5 Å². The van der Waals surface area contributed by atoms with E-state index in [1.807, 2.05) is 0 Å². The van der Waals surface area contributed by atoms with E-state index in [1.165, 1.54) is 103 Å². The van der Waals surface area contributed by atoms with Gasteiger partial charge in [-0.3, -0.25) is 0 Å². The third kappa shape index (κ3) is 6.25. The average molecular weight is 860 g/mol. The van der Waals surface area contributed by atoms with Crippen molar-refractivity contribution < 1.29 is 0 Å². The number of nitrogens with zero attached hydrogens (tertiary/aromatic N) is 3. The minimum absolute atomic E-state index is 0.0132. The second kappa shape index (κ2) is 15.2. The van der Waals surface area contributed by atoms with E-state index < -0.39 is 0 Å². The molecule has 0 aliphatic heterocycles. The van der Waals surface area contributed by atoms with Gasteiger partial charge in [-0.2, -0.15) is 0 Å². The number of hydrogen-bond acceptors (Lipinski definition) is 2. The first-order chi connectivity index (χ1) is 33.1. The lowest BCUT2D eigenvalue weighted by Gasteiger charge is -2.62. The summed E-state index contributed by atoms with van der Waals surface area (Å²) < 4.78 is 2.42. The van der Waals surface area contributed by atoms with Crippen molar-refractivity contribution in [3.05, 3.63) is 223 Å². The van der Waals surface area contributed by atoms with Crippen molar-refractivity contribution in [3.63, 3.8) is 0 Å². The first kappa shape index (κ1) is 38.6. The quantitative estimate of drug-likeness (QED) is 0.160. The predicted octanol–water partition coefficient (Wildman–Crippen LogP) is 16.3. The van der Waals surface area contributed by atoms with Gasteiger partial charge in [0, 0.05) is 38.6 Å². The van der Waals surface area contributed by atoms with Crippen LogP contribution in [0.5, 0.6) is 0 Å². The molecule has 0 N–H and O–H groups in total. The Kier molecular flexibility index (Phi) is 8.78. The molecule has 320 valence electrons. The van der Waals surface area contributed by atoms with Gasteiger partial charge in [0.05, 0.1) is 22.4 Å². The lowest BCUT2D eigenvalue weighted by Crippen LogP contribution is -2.56. The van der Waals surface area contributed by atoms with Crippen molar-refractivity contribution in [1.29, 1.82) is 0 Å². The van der Waals surface area contributed by atoms with Gasteiger partial charge in [-0.15, -0.1) is 0 Å². The number of rotatable bonds is 7. The molecule has 15 rings (SSSR count). The van der Waals surface area contributed by atoms with Crippen LogP contribution in [-0.2, 0) is 5.41 Å². The van der Waals surface area contributed by atoms with E-state index in [2.05, 4.69) is 217 Å². The molecule has 2 aromatic heterocycles. The SMILES string of the molecule is c1ccc(-c2cc(-c3ccccc3)nc(-c3ccc4cc(C5(c6ccc7cc(-c8ccc9c%10ccccc%10n(-c%10ccccc%10)c9c8)ccc7c6)C6CC7CC(C6)CC5C7)ccc4c3)n2)cc1. The molecule has 0 radical (unpaired) electrons. The molecule has 4 aliphatic carbocycles. The van der Waals surface area contributed by atoms with Gasteiger partial charge in [0.15, 0.2) is 5.82 Å². The average Bonchev–Trinajstić information content (AvgIpc) is 3.72. The van der Waals surface area contributed by atoms with Gasteiger partial charge in [0.2, 0.25) is 0 Å². The van der Waals surface area contributed by atoms with Gasteiger partial charge in [-0.05, 0) is 142 Å². The van der Waals surface area contributed by atoms with Crippen LogP contribution in [0.1, 0.15) is 43.2 Å². The normalized spacial score (nSPS) is 20.9. The summed E-state index contributed by atoms with van der Waals surface area (Å²) in [5.74, 6) is 3.77. The van der Waals surface area contributed by atoms with E-state index in [1.54, 1.807) is 0 Å². The smallest absolute Gasteiger partial charge is 0.160 e. The molecule has 67 heavy (non-hydrogen) atoms. The lowest BCUT2D eigenvalue weighted by atomic mass is 9.42. The number of fused-ring (bicyclic) bond motifs is 5. The maximum absolute atomic E-state index is 5.17. The Morgan fingerprint density at radius 2 is 0.836 bits per heavy atom. The highest BCUT2D eigenvalue weighted by atomic mass is 15.0. The van der Waals surface area contributed by atoms with E-state index in [-0.39, 0.29) is 5.41 Å². The summed E-state index contributed by atoms with van der Waals surface area (Å²) in [5, 5.41) is 7.69. The van der Waals surface area contributed by atoms with Gasteiger partial charge in [0.1, 0.15) is 0 Å². The lowest BCUT2D eigenvalue weighted by molar-refractivity contribution is -0.0417. The van der Waals surface area contributed by atoms with E-state index in [0.717, 1.165) is 45.7 Å². The maximum atomic E-state index is 5.17. The zero-order valence-corrected chi connectivity index (χ0v) is 37.4. The molecule has 0 atom stereocenters. The molecule has 4 bridgehead atoms. The molecule has 0 unspecified atom stereocenters. The Morgan fingerprint density at radius 1 is 0.358 bits per heavy atom. The topological polar surface area (TPSA) is 30.7 Å². The minimum Gasteiger partial charge on any atom is -0.309 e. The molecular formula is C64H49N3. The zero-order valence-electron chi connectivity index (χ0n) is 37.4. The summed E-state index contributed by atoms with van der Waals surface area (Å²) in [5.41, 5.74) is 14.2. The van der Waals surface area contributed by atoms with E-state index in [0.29, 0.717) is 11.8 Å². The Labute approximate surface area is 391 Å². The van der Waals surface area contributed by atoms with Crippen LogP contribution in [0.2, 0.25) is 0 Å². The van der Waals surface area contributed by atoms with Crippen LogP contribution < -0.4 is 0 Å². The van der Waals surface area contributed by atoms with Crippen LogP contribution in [0.4, 0.5) is 0 Å². The number of aromatic nitrogens is 3. The Morgan fingerprint density at radius 3 is 1.46 bits per heavy atom. The molecule has 4 aliphatic rings. The van der Waals surface area contributed by atoms with Crippen LogP contribution >= 0.6 is 0 Å². The van der Waals surface area contributed by atoms with E-state index >= 15 is 0 Å². The molecule has 0 spiro atoms. The molecule has 9 aromatic carbocycles. The molecule has 3 nitrogen and oxygen atoms in total. The van der Waals surface area contributed by atoms with Crippen LogP contribution in [0.25, 0.3) is 94.1 Å². The molecule has 11 aromatic rings. The Balaban J connectivity index is 0.853. The van der Waals surface area contributed by atoms with Crippen molar-refractivity contribution in [3.8, 4) is 50.7 Å². The van der Waals surface area contributed by atoms with Crippen molar-refractivity contribution >= 4 is 43.4 Å². The van der Waals surface area contributed by atoms with Crippen LogP contribution in [0.3, 0.4) is 0 Å². The third-order valence-corrected chi connectivity index (χ3v) is 16.2. The number of para-hydroxylation sites is 2. The minimum atomic E-state index is -0.0132. The van der Waals surface area contributed by atoms with Gasteiger partial charge < -0.3 is 4.57 Å². The molecule has 4 fully saturated rings. The van der Waals surface area contributed by atoms with Crippen LogP contribution in [0, 0.1) is 23.7 Å². The zero-order chi connectivity index (χ0) is 44.1. The highest BCUT2D eigenvalue weighted by molar-refractivity contribution is 6.10. The van der Waals surface area contributed by atoms with Crippen LogP contribution in [-0.4, -0.2) is 14.5 Å². The summed E-state index contributed by atoms with van der Waals surface area (Å²) in [4.78, 5) is 10.3. The summed E-state index contributed by atoms with van der Waals surface area (Å²) in [6, 6.07) is 78.6. The summed E-state index contributed by atoms with van der Waals surface area (Å²) >= 11 is 0. The van der Waals surface area contributed by atoms with Crippen molar-refractivity contribution in [2.24, 2.45) is 23.7 Å². The van der Waals surface area contributed by atoms with E-state index in [9.17, 15) is 0 Å². The van der Waals surface area contributed by atoms with Gasteiger partial charge in [0.25, 0.3) is 0 Å². The van der Waals surface area contributed by atoms with Crippen molar-refractivity contribution in [2.75, 3.05) is 0 Å². The second-order valence-electron chi connectivity index (χ2n) is 19.8.